The Morgan fingerprint density at radius 3 is 2.37 bits per heavy atom. The Kier molecular flexibility index (Phi) is 7.99. The van der Waals surface area contributed by atoms with E-state index in [0.717, 1.165) is 57.4 Å². The van der Waals surface area contributed by atoms with Crippen LogP contribution in [0.5, 0.6) is 0 Å². The Labute approximate surface area is 209 Å². The van der Waals surface area contributed by atoms with Crippen molar-refractivity contribution in [3.05, 3.63) is 29.8 Å². The summed E-state index contributed by atoms with van der Waals surface area (Å²) in [4.78, 5) is 44.7. The van der Waals surface area contributed by atoms with Crippen molar-refractivity contribution in [1.29, 1.82) is 0 Å². The van der Waals surface area contributed by atoms with Gasteiger partial charge in [-0.2, -0.15) is 0 Å². The molecule has 35 heavy (non-hydrogen) atoms. The molecule has 1 saturated heterocycles. The highest BCUT2D eigenvalue weighted by Gasteiger charge is 2.39. The summed E-state index contributed by atoms with van der Waals surface area (Å²) < 4.78 is 5.46. The maximum absolute atomic E-state index is 13.5. The number of hydrogen-bond acceptors (Lipinski definition) is 5. The van der Waals surface area contributed by atoms with Gasteiger partial charge in [0.1, 0.15) is 5.60 Å². The topological polar surface area (TPSA) is 82.2 Å². The largest absolute Gasteiger partial charge is 0.444 e. The highest BCUT2D eigenvalue weighted by molar-refractivity contribution is 5.99. The second kappa shape index (κ2) is 11.0. The second-order valence-corrected chi connectivity index (χ2v) is 11.0. The first-order valence-electron chi connectivity index (χ1n) is 13.1. The number of rotatable bonds is 5. The van der Waals surface area contributed by atoms with E-state index in [1.54, 1.807) is 4.90 Å². The van der Waals surface area contributed by atoms with E-state index >= 15 is 0 Å². The fraction of sp³-hybridized carbons (Fsp3) is 0.667. The first kappa shape index (κ1) is 25.5. The Balaban J connectivity index is 1.24. The highest BCUT2D eigenvalue weighted by Crippen LogP contribution is 2.35. The third-order valence-electron chi connectivity index (χ3n) is 7.32. The van der Waals surface area contributed by atoms with Crippen LogP contribution in [-0.2, 0) is 20.7 Å². The van der Waals surface area contributed by atoms with Crippen LogP contribution in [0.2, 0.25) is 0 Å². The molecule has 4 rings (SSSR count). The van der Waals surface area contributed by atoms with E-state index in [-0.39, 0.29) is 29.7 Å². The van der Waals surface area contributed by atoms with Gasteiger partial charge in [0.15, 0.2) is 0 Å². The predicted molar refractivity (Wildman–Crippen MR) is 135 cm³/mol. The molecule has 3 aliphatic rings. The summed E-state index contributed by atoms with van der Waals surface area (Å²) in [7, 11) is 0. The Hall–Kier alpha value is -2.61. The lowest BCUT2D eigenvalue weighted by Crippen LogP contribution is -2.51. The number of amides is 3. The van der Waals surface area contributed by atoms with Gasteiger partial charge in [0.25, 0.3) is 0 Å². The number of ether oxygens (including phenoxy) is 1. The lowest BCUT2D eigenvalue weighted by atomic mass is 9.77. The Bertz CT molecular complexity index is 920. The van der Waals surface area contributed by atoms with Crippen LogP contribution in [0, 0.1) is 11.8 Å². The molecular formula is C27H40N4O4. The number of hydrogen-bond donors (Lipinski definition) is 1. The van der Waals surface area contributed by atoms with Crippen molar-refractivity contribution < 1.29 is 19.1 Å². The van der Waals surface area contributed by atoms with Crippen molar-refractivity contribution >= 4 is 23.6 Å². The number of benzene rings is 1. The molecule has 0 bridgehead atoms. The first-order chi connectivity index (χ1) is 16.7. The molecule has 1 N–H and O–H groups in total. The number of carbonyl (C=O) groups excluding carboxylic acids is 3. The van der Waals surface area contributed by atoms with Crippen LogP contribution >= 0.6 is 0 Å². The van der Waals surface area contributed by atoms with E-state index in [0.29, 0.717) is 26.2 Å². The molecule has 8 nitrogen and oxygen atoms in total. The monoisotopic (exact) mass is 484 g/mol. The van der Waals surface area contributed by atoms with Gasteiger partial charge in [-0.25, -0.2) is 4.79 Å². The van der Waals surface area contributed by atoms with E-state index in [2.05, 4.69) is 16.3 Å². The smallest absolute Gasteiger partial charge is 0.410 e. The van der Waals surface area contributed by atoms with Crippen LogP contribution in [0.3, 0.4) is 0 Å². The third-order valence-corrected chi connectivity index (χ3v) is 7.32. The molecule has 2 unspecified atom stereocenters. The molecule has 192 valence electrons. The maximum atomic E-state index is 13.5. The molecule has 0 aromatic heterocycles. The zero-order valence-electron chi connectivity index (χ0n) is 21.4. The minimum absolute atomic E-state index is 0.00271. The molecule has 2 fully saturated rings. The molecule has 3 amide bonds. The fourth-order valence-electron chi connectivity index (χ4n) is 5.46. The zero-order chi connectivity index (χ0) is 25.0. The van der Waals surface area contributed by atoms with Crippen LogP contribution in [0.15, 0.2) is 24.3 Å². The lowest BCUT2D eigenvalue weighted by Gasteiger charge is -2.36. The van der Waals surface area contributed by atoms with Gasteiger partial charge in [-0.05, 0) is 51.7 Å². The van der Waals surface area contributed by atoms with Gasteiger partial charge in [-0.15, -0.1) is 0 Å². The van der Waals surface area contributed by atoms with Crippen LogP contribution < -0.4 is 10.2 Å². The fourth-order valence-corrected chi connectivity index (χ4v) is 5.46. The summed E-state index contributed by atoms with van der Waals surface area (Å²) in [6.07, 6.45) is 4.16. The van der Waals surface area contributed by atoms with Crippen molar-refractivity contribution in [3.8, 4) is 0 Å². The van der Waals surface area contributed by atoms with Gasteiger partial charge < -0.3 is 19.9 Å². The summed E-state index contributed by atoms with van der Waals surface area (Å²) in [6.45, 7) is 10.4. The SMILES string of the molecule is CC(C)(C)OC(=O)N1CCN(CCNC(=O)C2CCCCC2C(=O)N2CCc3ccccc32)CC1. The van der Waals surface area contributed by atoms with Gasteiger partial charge in [0.2, 0.25) is 11.8 Å². The second-order valence-electron chi connectivity index (χ2n) is 11.0. The first-order valence-corrected chi connectivity index (χ1v) is 13.1. The third kappa shape index (κ3) is 6.34. The average Bonchev–Trinajstić information content (AvgIpc) is 3.27. The maximum Gasteiger partial charge on any atom is 0.410 e. The van der Waals surface area contributed by atoms with Gasteiger partial charge in [0.05, 0.1) is 5.92 Å². The molecular weight excluding hydrogens is 444 g/mol. The van der Waals surface area contributed by atoms with Crippen molar-refractivity contribution in [3.63, 3.8) is 0 Å². The number of nitrogens with one attached hydrogen (secondary N) is 1. The standard InChI is InChI=1S/C27H40N4O4/c1-27(2,3)35-26(34)30-18-16-29(17-19-30)15-13-28-24(32)21-9-5-6-10-22(21)25(33)31-14-12-20-8-4-7-11-23(20)31/h4,7-8,11,21-22H,5-6,9-10,12-19H2,1-3H3,(H,28,32). The van der Waals surface area contributed by atoms with Crippen LogP contribution in [0.4, 0.5) is 10.5 Å². The van der Waals surface area contributed by atoms with Gasteiger partial charge >= 0.3 is 6.09 Å². The number of anilines is 1. The van der Waals surface area contributed by atoms with E-state index in [4.69, 9.17) is 4.74 Å². The number of carbonyl (C=O) groups is 3. The number of piperazine rings is 1. The van der Waals surface area contributed by atoms with E-state index in [1.807, 2.05) is 43.9 Å². The van der Waals surface area contributed by atoms with Gasteiger partial charge in [-0.3, -0.25) is 14.5 Å². The molecule has 8 heteroatoms. The normalized spacial score (nSPS) is 23.1. The zero-order valence-corrected chi connectivity index (χ0v) is 21.4. The van der Waals surface area contributed by atoms with Crippen LogP contribution in [0.25, 0.3) is 0 Å². The van der Waals surface area contributed by atoms with Crippen molar-refractivity contribution in [2.24, 2.45) is 11.8 Å². The molecule has 1 aliphatic carbocycles. The quantitative estimate of drug-likeness (QED) is 0.695. The summed E-state index contributed by atoms with van der Waals surface area (Å²) in [5.41, 5.74) is 1.73. The predicted octanol–water partition coefficient (Wildman–Crippen LogP) is 3.05. The number of para-hydroxylation sites is 1. The molecule has 0 spiro atoms. The minimum Gasteiger partial charge on any atom is -0.444 e. The van der Waals surface area contributed by atoms with E-state index in [9.17, 15) is 14.4 Å². The van der Waals surface area contributed by atoms with E-state index in [1.165, 1.54) is 5.56 Å². The molecule has 1 saturated carbocycles. The van der Waals surface area contributed by atoms with Gasteiger partial charge in [0, 0.05) is 57.4 Å². The summed E-state index contributed by atoms with van der Waals surface area (Å²) in [5.74, 6) is -0.392. The molecule has 1 aromatic rings. The van der Waals surface area contributed by atoms with Gasteiger partial charge in [-0.1, -0.05) is 31.0 Å². The summed E-state index contributed by atoms with van der Waals surface area (Å²) in [6, 6.07) is 8.09. The van der Waals surface area contributed by atoms with Crippen molar-refractivity contribution in [2.45, 2.75) is 58.5 Å². The Morgan fingerprint density at radius 1 is 0.971 bits per heavy atom. The van der Waals surface area contributed by atoms with Crippen molar-refractivity contribution in [1.82, 2.24) is 15.1 Å². The lowest BCUT2D eigenvalue weighted by molar-refractivity contribution is -0.135. The molecule has 2 heterocycles. The Morgan fingerprint density at radius 2 is 1.66 bits per heavy atom. The highest BCUT2D eigenvalue weighted by atomic mass is 16.6. The van der Waals surface area contributed by atoms with Crippen molar-refractivity contribution in [2.75, 3.05) is 50.7 Å². The minimum atomic E-state index is -0.491. The molecule has 2 atom stereocenters. The van der Waals surface area contributed by atoms with E-state index < -0.39 is 5.60 Å². The molecule has 1 aromatic carbocycles. The molecule has 0 radical (unpaired) electrons. The number of fused-ring (bicyclic) bond motifs is 1. The summed E-state index contributed by atoms with van der Waals surface area (Å²) in [5, 5.41) is 3.10. The number of nitrogens with zero attached hydrogens (tertiary/aromatic N) is 3. The average molecular weight is 485 g/mol. The van der Waals surface area contributed by atoms with Crippen LogP contribution in [0.1, 0.15) is 52.0 Å². The summed E-state index contributed by atoms with van der Waals surface area (Å²) >= 11 is 0. The van der Waals surface area contributed by atoms with Crippen LogP contribution in [-0.4, -0.2) is 79.1 Å². The molecule has 2 aliphatic heterocycles.